The molecule has 1 rings (SSSR count). The van der Waals surface area contributed by atoms with Gasteiger partial charge in [0.2, 0.25) is 0 Å². The average Bonchev–Trinajstić information content (AvgIpc) is 2.18. The van der Waals surface area contributed by atoms with Crippen molar-refractivity contribution in [3.63, 3.8) is 0 Å². The molecule has 0 atom stereocenters. The Hall–Kier alpha value is -1.22. The van der Waals surface area contributed by atoms with Crippen molar-refractivity contribution in [2.24, 2.45) is 0 Å². The summed E-state index contributed by atoms with van der Waals surface area (Å²) in [7, 11) is 0. The summed E-state index contributed by atoms with van der Waals surface area (Å²) in [6, 6.07) is 9.73. The van der Waals surface area contributed by atoms with Crippen LogP contribution in [0.15, 0.2) is 36.4 Å². The first kappa shape index (κ1) is 10.9. The first-order chi connectivity index (χ1) is 6.79. The SMILES string of the molecule is FC(F)CNC/C=C/c1ccccc1. The Labute approximate surface area is 82.4 Å². The van der Waals surface area contributed by atoms with Crippen LogP contribution in [-0.4, -0.2) is 19.5 Å². The van der Waals surface area contributed by atoms with Crippen molar-refractivity contribution in [1.29, 1.82) is 0 Å². The van der Waals surface area contributed by atoms with Crippen molar-refractivity contribution >= 4 is 6.08 Å². The third kappa shape index (κ3) is 4.72. The third-order valence-corrected chi connectivity index (χ3v) is 1.67. The second kappa shape index (κ2) is 6.27. The second-order valence-corrected chi connectivity index (χ2v) is 2.86. The summed E-state index contributed by atoms with van der Waals surface area (Å²) in [6.07, 6.45) is 1.45. The van der Waals surface area contributed by atoms with Gasteiger partial charge in [0.1, 0.15) is 0 Å². The zero-order chi connectivity index (χ0) is 10.2. The van der Waals surface area contributed by atoms with Crippen LogP contribution in [-0.2, 0) is 0 Å². The van der Waals surface area contributed by atoms with E-state index in [0.29, 0.717) is 6.54 Å². The number of hydrogen-bond acceptors (Lipinski definition) is 1. The van der Waals surface area contributed by atoms with E-state index in [1.165, 1.54) is 0 Å². The molecule has 0 aliphatic carbocycles. The fourth-order valence-corrected chi connectivity index (χ4v) is 1.03. The van der Waals surface area contributed by atoms with Crippen molar-refractivity contribution in [2.75, 3.05) is 13.1 Å². The van der Waals surface area contributed by atoms with Gasteiger partial charge in [0, 0.05) is 6.54 Å². The maximum Gasteiger partial charge on any atom is 0.250 e. The number of rotatable bonds is 5. The van der Waals surface area contributed by atoms with E-state index in [1.54, 1.807) is 0 Å². The van der Waals surface area contributed by atoms with Crippen LogP contribution in [0, 0.1) is 0 Å². The maximum atomic E-state index is 11.7. The number of hydrogen-bond donors (Lipinski definition) is 1. The van der Waals surface area contributed by atoms with E-state index in [2.05, 4.69) is 5.32 Å². The van der Waals surface area contributed by atoms with Gasteiger partial charge < -0.3 is 5.32 Å². The second-order valence-electron chi connectivity index (χ2n) is 2.86. The summed E-state index contributed by atoms with van der Waals surface area (Å²) in [6.45, 7) is 0.221. The molecule has 0 fully saturated rings. The van der Waals surface area contributed by atoms with Crippen molar-refractivity contribution < 1.29 is 8.78 Å². The highest BCUT2D eigenvalue weighted by Crippen LogP contribution is 1.99. The number of nitrogens with one attached hydrogen (secondary N) is 1. The Morgan fingerprint density at radius 2 is 1.93 bits per heavy atom. The predicted octanol–water partition coefficient (Wildman–Crippen LogP) is 2.55. The number of alkyl halides is 2. The van der Waals surface area contributed by atoms with E-state index in [0.717, 1.165) is 5.56 Å². The molecular weight excluding hydrogens is 184 g/mol. The molecule has 0 bridgehead atoms. The average molecular weight is 197 g/mol. The monoisotopic (exact) mass is 197 g/mol. The number of halogens is 2. The molecule has 0 aliphatic heterocycles. The molecule has 76 valence electrons. The van der Waals surface area contributed by atoms with Gasteiger partial charge in [0.15, 0.2) is 0 Å². The molecular formula is C11H13F2N. The van der Waals surface area contributed by atoms with E-state index in [1.807, 2.05) is 42.5 Å². The summed E-state index contributed by atoms with van der Waals surface area (Å²) in [5, 5.41) is 2.62. The van der Waals surface area contributed by atoms with E-state index in [4.69, 9.17) is 0 Å². The smallest absolute Gasteiger partial charge is 0.250 e. The van der Waals surface area contributed by atoms with Gasteiger partial charge >= 0.3 is 0 Å². The van der Waals surface area contributed by atoms with Gasteiger partial charge in [-0.3, -0.25) is 0 Å². The highest BCUT2D eigenvalue weighted by atomic mass is 19.3. The molecule has 0 amide bonds. The fraction of sp³-hybridized carbons (Fsp3) is 0.273. The Morgan fingerprint density at radius 1 is 1.21 bits per heavy atom. The minimum absolute atomic E-state index is 0.251. The van der Waals surface area contributed by atoms with Gasteiger partial charge in [0.25, 0.3) is 6.43 Å². The van der Waals surface area contributed by atoms with Crippen LogP contribution in [0.25, 0.3) is 6.08 Å². The standard InChI is InChI=1S/C11H13F2N/c12-11(13)9-14-8-4-7-10-5-2-1-3-6-10/h1-7,11,14H,8-9H2/b7-4+. The zero-order valence-corrected chi connectivity index (χ0v) is 7.79. The normalized spacial score (nSPS) is 11.4. The molecule has 0 heterocycles. The lowest BCUT2D eigenvalue weighted by Gasteiger charge is -1.98. The zero-order valence-electron chi connectivity index (χ0n) is 7.79. The third-order valence-electron chi connectivity index (χ3n) is 1.67. The lowest BCUT2D eigenvalue weighted by molar-refractivity contribution is 0.147. The molecule has 0 aliphatic rings. The fourth-order valence-electron chi connectivity index (χ4n) is 1.03. The summed E-state index contributed by atoms with van der Waals surface area (Å²) < 4.78 is 23.4. The maximum absolute atomic E-state index is 11.7. The molecule has 3 heteroatoms. The van der Waals surface area contributed by atoms with Crippen LogP contribution < -0.4 is 5.32 Å². The van der Waals surface area contributed by atoms with Crippen LogP contribution in [0.3, 0.4) is 0 Å². The van der Waals surface area contributed by atoms with Crippen LogP contribution in [0.2, 0.25) is 0 Å². The van der Waals surface area contributed by atoms with E-state index < -0.39 is 6.43 Å². The lowest BCUT2D eigenvalue weighted by atomic mass is 10.2. The van der Waals surface area contributed by atoms with Gasteiger partial charge in [-0.05, 0) is 5.56 Å². The van der Waals surface area contributed by atoms with E-state index >= 15 is 0 Å². The predicted molar refractivity (Wildman–Crippen MR) is 54.3 cm³/mol. The molecule has 1 nitrogen and oxygen atoms in total. The van der Waals surface area contributed by atoms with Crippen LogP contribution in [0.5, 0.6) is 0 Å². The van der Waals surface area contributed by atoms with Gasteiger partial charge in [-0.25, -0.2) is 8.78 Å². The van der Waals surface area contributed by atoms with Gasteiger partial charge in [-0.2, -0.15) is 0 Å². The molecule has 1 aromatic rings. The summed E-state index contributed by atoms with van der Waals surface area (Å²) in [5.41, 5.74) is 1.08. The molecule has 1 N–H and O–H groups in total. The van der Waals surface area contributed by atoms with Crippen molar-refractivity contribution in [3.05, 3.63) is 42.0 Å². The highest BCUT2D eigenvalue weighted by molar-refractivity contribution is 5.48. The Balaban J connectivity index is 2.21. The molecule has 14 heavy (non-hydrogen) atoms. The molecule has 0 aromatic heterocycles. The summed E-state index contributed by atoms with van der Waals surface area (Å²) >= 11 is 0. The van der Waals surface area contributed by atoms with Crippen molar-refractivity contribution in [3.8, 4) is 0 Å². The Bertz CT molecular complexity index is 270. The van der Waals surface area contributed by atoms with Gasteiger partial charge in [0.05, 0.1) is 6.54 Å². The topological polar surface area (TPSA) is 12.0 Å². The quantitative estimate of drug-likeness (QED) is 0.715. The largest absolute Gasteiger partial charge is 0.308 e. The minimum Gasteiger partial charge on any atom is -0.308 e. The molecule has 0 saturated carbocycles. The molecule has 0 unspecified atom stereocenters. The Morgan fingerprint density at radius 3 is 2.57 bits per heavy atom. The van der Waals surface area contributed by atoms with Crippen molar-refractivity contribution in [2.45, 2.75) is 6.43 Å². The lowest BCUT2D eigenvalue weighted by Crippen LogP contribution is -2.20. The summed E-state index contributed by atoms with van der Waals surface area (Å²) in [5.74, 6) is 0. The molecule has 0 radical (unpaired) electrons. The van der Waals surface area contributed by atoms with Crippen LogP contribution in [0.4, 0.5) is 8.78 Å². The van der Waals surface area contributed by atoms with Crippen molar-refractivity contribution in [1.82, 2.24) is 5.32 Å². The van der Waals surface area contributed by atoms with Crippen LogP contribution in [0.1, 0.15) is 5.56 Å². The Kier molecular flexibility index (Phi) is 4.86. The highest BCUT2D eigenvalue weighted by Gasteiger charge is 1.97. The molecule has 0 spiro atoms. The number of benzene rings is 1. The molecule has 0 saturated heterocycles. The first-order valence-corrected chi connectivity index (χ1v) is 4.49. The molecule has 1 aromatic carbocycles. The van der Waals surface area contributed by atoms with E-state index in [9.17, 15) is 8.78 Å². The summed E-state index contributed by atoms with van der Waals surface area (Å²) in [4.78, 5) is 0. The van der Waals surface area contributed by atoms with Crippen LogP contribution >= 0.6 is 0 Å². The van der Waals surface area contributed by atoms with E-state index in [-0.39, 0.29) is 6.54 Å². The first-order valence-electron chi connectivity index (χ1n) is 4.49. The van der Waals surface area contributed by atoms with Gasteiger partial charge in [-0.1, -0.05) is 42.5 Å². The van der Waals surface area contributed by atoms with Gasteiger partial charge in [-0.15, -0.1) is 0 Å². The minimum atomic E-state index is -2.28.